The van der Waals surface area contributed by atoms with Crippen molar-refractivity contribution in [1.29, 1.82) is 0 Å². The first-order valence-electron chi connectivity index (χ1n) is 12.7. The number of nitrogens with one attached hydrogen (secondary N) is 1. The molecule has 40 heavy (non-hydrogen) atoms. The molecule has 216 valence electrons. The number of alkyl halides is 3. The number of carbonyl (C=O) groups excluding carboxylic acids is 1. The molecule has 3 aromatic heterocycles. The Morgan fingerprint density at radius 2 is 1.95 bits per heavy atom. The van der Waals surface area contributed by atoms with E-state index in [1.165, 1.54) is 46.9 Å². The van der Waals surface area contributed by atoms with Gasteiger partial charge in [-0.25, -0.2) is 22.8 Å². The van der Waals surface area contributed by atoms with Crippen LogP contribution in [0.5, 0.6) is 5.88 Å². The molecule has 3 aromatic rings. The van der Waals surface area contributed by atoms with Gasteiger partial charge in [0.25, 0.3) is 15.9 Å². The van der Waals surface area contributed by atoms with Crippen LogP contribution >= 0.6 is 0 Å². The van der Waals surface area contributed by atoms with Crippen LogP contribution in [0.4, 0.5) is 19.0 Å². The molecule has 0 bridgehead atoms. The molecule has 4 heterocycles. The Hall–Kier alpha value is -3.40. The summed E-state index contributed by atoms with van der Waals surface area (Å²) >= 11 is 0. The summed E-state index contributed by atoms with van der Waals surface area (Å²) in [6, 6.07) is 5.37. The van der Waals surface area contributed by atoms with Crippen molar-refractivity contribution in [3.05, 3.63) is 41.9 Å². The van der Waals surface area contributed by atoms with E-state index in [2.05, 4.69) is 21.5 Å². The van der Waals surface area contributed by atoms with E-state index in [0.717, 1.165) is 6.04 Å². The highest BCUT2D eigenvalue weighted by Crippen LogP contribution is 2.46. The van der Waals surface area contributed by atoms with Crippen LogP contribution in [0.1, 0.15) is 36.3 Å². The summed E-state index contributed by atoms with van der Waals surface area (Å²) in [5.41, 5.74) is -0.0108. The van der Waals surface area contributed by atoms with E-state index in [9.17, 15) is 26.4 Å². The number of hydrogen-bond donors (Lipinski definition) is 1. The number of aryl methyl sites for hydroxylation is 2. The number of hydrogen-bond acceptors (Lipinski definition) is 8. The lowest BCUT2D eigenvalue weighted by Gasteiger charge is -2.34. The summed E-state index contributed by atoms with van der Waals surface area (Å²) in [5, 5.41) is 8.28. The fraction of sp³-hybridized carbons (Fsp3) is 0.500. The van der Waals surface area contributed by atoms with E-state index < -0.39 is 42.9 Å². The van der Waals surface area contributed by atoms with Gasteiger partial charge in [0.05, 0.1) is 26.0 Å². The van der Waals surface area contributed by atoms with Crippen molar-refractivity contribution < 1.29 is 31.1 Å². The normalized spacial score (nSPS) is 22.4. The molecule has 1 aliphatic heterocycles. The minimum atomic E-state index is -4.31. The molecular weight excluding hydrogens is 567 g/mol. The second-order valence-corrected chi connectivity index (χ2v) is 15.7. The van der Waals surface area contributed by atoms with Gasteiger partial charge in [0.2, 0.25) is 5.88 Å². The van der Waals surface area contributed by atoms with Gasteiger partial charge in [0.15, 0.2) is 5.82 Å². The van der Waals surface area contributed by atoms with E-state index in [-0.39, 0.29) is 34.0 Å². The van der Waals surface area contributed by atoms with Crippen molar-refractivity contribution >= 4 is 30.5 Å². The van der Waals surface area contributed by atoms with Gasteiger partial charge in [-0.3, -0.25) is 9.48 Å². The molecule has 1 saturated carbocycles. The number of sulfonamides is 1. The highest BCUT2D eigenvalue weighted by atomic mass is 32.2. The van der Waals surface area contributed by atoms with Crippen LogP contribution in [0.2, 0.25) is 12.6 Å². The number of rotatable bonds is 7. The number of anilines is 1. The van der Waals surface area contributed by atoms with E-state index in [4.69, 9.17) is 9.72 Å². The van der Waals surface area contributed by atoms with E-state index in [1.807, 2.05) is 18.7 Å². The van der Waals surface area contributed by atoms with Gasteiger partial charge in [0, 0.05) is 37.2 Å². The fourth-order valence-electron chi connectivity index (χ4n) is 5.28. The van der Waals surface area contributed by atoms with Crippen molar-refractivity contribution in [2.24, 2.45) is 13.0 Å². The zero-order valence-corrected chi connectivity index (χ0v) is 24.6. The third kappa shape index (κ3) is 5.46. The molecule has 1 amide bonds. The lowest BCUT2D eigenvalue weighted by molar-refractivity contribution is -0.153. The maximum Gasteiger partial charge on any atom is 0.395 e. The Kier molecular flexibility index (Phi) is 6.76. The lowest BCUT2D eigenvalue weighted by atomic mass is 10.1. The predicted octanol–water partition coefficient (Wildman–Crippen LogP) is 2.75. The second-order valence-electron chi connectivity index (χ2n) is 11.1. The largest absolute Gasteiger partial charge is 0.473 e. The van der Waals surface area contributed by atoms with Gasteiger partial charge in [-0.05, 0) is 45.4 Å². The maximum absolute atomic E-state index is 13.4. The second kappa shape index (κ2) is 9.61. The van der Waals surface area contributed by atoms with Crippen molar-refractivity contribution in [2.75, 3.05) is 11.1 Å². The number of ether oxygens (including phenoxy) is 1. The molecule has 1 aliphatic carbocycles. The summed E-state index contributed by atoms with van der Waals surface area (Å²) < 4.78 is 74.9. The first-order valence-corrected chi connectivity index (χ1v) is 17.0. The average Bonchev–Trinajstić information content (AvgIpc) is 3.16. The smallest absolute Gasteiger partial charge is 0.395 e. The van der Waals surface area contributed by atoms with E-state index in [0.29, 0.717) is 17.8 Å². The first kappa shape index (κ1) is 28.1. The van der Waals surface area contributed by atoms with Crippen LogP contribution in [0.3, 0.4) is 0 Å². The SMILES string of the molecule is Cc1nn(C)cc1S(=O)(=O)NC(=O)c1ccc(-n2ccc(O[C@@H]3C[C@H]3C(F)(F)F)n2)nc1N1C[Si@@H](C)CC1(C)C. The van der Waals surface area contributed by atoms with Crippen molar-refractivity contribution in [3.8, 4) is 11.7 Å². The molecule has 1 saturated heterocycles. The zero-order chi connectivity index (χ0) is 29.2. The third-order valence-corrected chi connectivity index (χ3v) is 11.3. The zero-order valence-electron chi connectivity index (χ0n) is 22.6. The molecule has 5 rings (SSSR count). The minimum Gasteiger partial charge on any atom is -0.473 e. The Morgan fingerprint density at radius 1 is 1.23 bits per heavy atom. The first-order chi connectivity index (χ1) is 18.5. The van der Waals surface area contributed by atoms with Crippen LogP contribution in [-0.2, 0) is 17.1 Å². The van der Waals surface area contributed by atoms with Crippen LogP contribution in [-0.4, -0.2) is 71.7 Å². The standard InChI is InChI=1S/C24H30F3N7O4SSi/c1-14-18(11-32(4)29-14)39(36,37)31-22(35)15-6-7-19(28-21(15)33-13-40(5)12-23(33,2)3)34-9-8-20(30-34)38-17-10-16(17)24(25,26)27/h6-9,11,16-17,40H,10,12-13H2,1-5H3,(H,31,35)/t16-,17-,40+/m1/s1. The Labute approximate surface area is 231 Å². The monoisotopic (exact) mass is 597 g/mol. The molecule has 16 heteroatoms. The van der Waals surface area contributed by atoms with Gasteiger partial charge in [-0.1, -0.05) is 6.55 Å². The van der Waals surface area contributed by atoms with E-state index >= 15 is 0 Å². The van der Waals surface area contributed by atoms with E-state index in [1.54, 1.807) is 7.05 Å². The van der Waals surface area contributed by atoms with Crippen LogP contribution in [0.15, 0.2) is 35.5 Å². The molecule has 1 N–H and O–H groups in total. The Balaban J connectivity index is 1.46. The number of halogens is 3. The molecule has 0 spiro atoms. The third-order valence-electron chi connectivity index (χ3n) is 7.14. The minimum absolute atomic E-state index is 0.0300. The number of pyridine rings is 1. The van der Waals surface area contributed by atoms with Crippen molar-refractivity contribution in [1.82, 2.24) is 29.3 Å². The number of aromatic nitrogens is 5. The van der Waals surface area contributed by atoms with Gasteiger partial charge < -0.3 is 9.64 Å². The Morgan fingerprint density at radius 3 is 2.52 bits per heavy atom. The molecule has 3 atom stereocenters. The van der Waals surface area contributed by atoms with Gasteiger partial charge >= 0.3 is 6.18 Å². The van der Waals surface area contributed by atoms with Gasteiger partial charge in [0.1, 0.15) is 16.8 Å². The molecule has 0 aromatic carbocycles. The maximum atomic E-state index is 13.4. The molecule has 0 unspecified atom stereocenters. The lowest BCUT2D eigenvalue weighted by Crippen LogP contribution is -2.41. The highest BCUT2D eigenvalue weighted by molar-refractivity contribution is 7.90. The highest BCUT2D eigenvalue weighted by Gasteiger charge is 2.58. The fourth-order valence-corrected chi connectivity index (χ4v) is 9.81. The quantitative estimate of drug-likeness (QED) is 0.413. The summed E-state index contributed by atoms with van der Waals surface area (Å²) in [4.78, 5) is 20.0. The van der Waals surface area contributed by atoms with Gasteiger partial charge in [-0.15, -0.1) is 5.10 Å². The number of nitrogens with zero attached hydrogens (tertiary/aromatic N) is 6. The van der Waals surface area contributed by atoms with Crippen LogP contribution in [0, 0.1) is 12.8 Å². The molecule has 11 nitrogen and oxygen atoms in total. The molecular formula is C24H30F3N7O4SSi. The van der Waals surface area contributed by atoms with Crippen LogP contribution < -0.4 is 14.4 Å². The van der Waals surface area contributed by atoms with Crippen molar-refractivity contribution in [3.63, 3.8) is 0 Å². The predicted molar refractivity (Wildman–Crippen MR) is 142 cm³/mol. The molecule has 2 aliphatic rings. The summed E-state index contributed by atoms with van der Waals surface area (Å²) in [5.74, 6) is -1.72. The number of carbonyl (C=O) groups is 1. The summed E-state index contributed by atoms with van der Waals surface area (Å²) in [7, 11) is -3.80. The van der Waals surface area contributed by atoms with Gasteiger partial charge in [-0.2, -0.15) is 18.3 Å². The summed E-state index contributed by atoms with van der Waals surface area (Å²) in [6.45, 7) is 7.84. The average molecular weight is 598 g/mol. The number of amides is 1. The topological polar surface area (TPSA) is 124 Å². The molecule has 0 radical (unpaired) electrons. The summed E-state index contributed by atoms with van der Waals surface area (Å²) in [6.07, 6.45) is -1.86. The molecule has 2 fully saturated rings. The Bertz CT molecular complexity index is 1570. The van der Waals surface area contributed by atoms with Crippen molar-refractivity contribution in [2.45, 2.75) is 62.5 Å². The van der Waals surface area contributed by atoms with Crippen LogP contribution in [0.25, 0.3) is 5.82 Å².